The Labute approximate surface area is 105 Å². The largest absolute Gasteiger partial charge is 0.0808 e. The molecular formula is C15H26Si. The van der Waals surface area contributed by atoms with Crippen LogP contribution in [0.15, 0.2) is 47.1 Å². The van der Waals surface area contributed by atoms with Gasteiger partial charge in [0, 0.05) is 0 Å². The average molecular weight is 234 g/mol. The summed E-state index contributed by atoms with van der Waals surface area (Å²) in [5, 5.41) is 0. The fraction of sp³-hybridized carbons (Fsp3) is 0.467. The SMILES string of the molecule is C1=CCC=C1.CCC1=CCC(CC)=C1C.[SiH4]. The van der Waals surface area contributed by atoms with Gasteiger partial charge < -0.3 is 0 Å². The lowest BCUT2D eigenvalue weighted by atomic mass is 10.1. The topological polar surface area (TPSA) is 0 Å². The minimum absolute atomic E-state index is 0. The van der Waals surface area contributed by atoms with Gasteiger partial charge in [-0.25, -0.2) is 0 Å². The molecule has 0 aromatic rings. The van der Waals surface area contributed by atoms with E-state index in [0.29, 0.717) is 0 Å². The van der Waals surface area contributed by atoms with Crippen LogP contribution in [-0.4, -0.2) is 11.0 Å². The van der Waals surface area contributed by atoms with Crippen molar-refractivity contribution in [3.63, 3.8) is 0 Å². The second-order valence-electron chi connectivity index (χ2n) is 3.96. The Balaban J connectivity index is 0.000000318. The van der Waals surface area contributed by atoms with Crippen molar-refractivity contribution in [1.29, 1.82) is 0 Å². The van der Waals surface area contributed by atoms with E-state index in [2.05, 4.69) is 51.2 Å². The maximum atomic E-state index is 2.37. The zero-order valence-corrected chi connectivity index (χ0v) is 10.2. The second-order valence-corrected chi connectivity index (χ2v) is 3.96. The number of hydrogen-bond acceptors (Lipinski definition) is 0. The highest BCUT2D eigenvalue weighted by Crippen LogP contribution is 2.29. The predicted octanol–water partition coefficient (Wildman–Crippen LogP) is 3.50. The van der Waals surface area contributed by atoms with Gasteiger partial charge in [0.1, 0.15) is 0 Å². The third-order valence-corrected chi connectivity index (χ3v) is 3.07. The van der Waals surface area contributed by atoms with Gasteiger partial charge in [0.05, 0.1) is 0 Å². The van der Waals surface area contributed by atoms with E-state index in [4.69, 9.17) is 0 Å². The first-order valence-electron chi connectivity index (χ1n) is 5.99. The van der Waals surface area contributed by atoms with Crippen molar-refractivity contribution in [2.45, 2.75) is 46.5 Å². The summed E-state index contributed by atoms with van der Waals surface area (Å²) in [7, 11) is 0. The summed E-state index contributed by atoms with van der Waals surface area (Å²) >= 11 is 0. The van der Waals surface area contributed by atoms with Gasteiger partial charge in [-0.05, 0) is 54.7 Å². The summed E-state index contributed by atoms with van der Waals surface area (Å²) < 4.78 is 0. The van der Waals surface area contributed by atoms with Crippen LogP contribution in [0.1, 0.15) is 46.5 Å². The molecule has 1 heteroatoms. The van der Waals surface area contributed by atoms with E-state index < -0.39 is 0 Å². The van der Waals surface area contributed by atoms with Crippen molar-refractivity contribution in [3.8, 4) is 0 Å². The Kier molecular flexibility index (Phi) is 7.91. The number of allylic oxidation sites excluding steroid dienone is 8. The van der Waals surface area contributed by atoms with Crippen molar-refractivity contribution < 1.29 is 0 Å². The summed E-state index contributed by atoms with van der Waals surface area (Å²) in [6, 6.07) is 0. The van der Waals surface area contributed by atoms with Crippen LogP contribution in [0.25, 0.3) is 0 Å². The molecule has 0 saturated carbocycles. The molecule has 90 valence electrons. The number of rotatable bonds is 2. The predicted molar refractivity (Wildman–Crippen MR) is 80.2 cm³/mol. The van der Waals surface area contributed by atoms with Gasteiger partial charge in [-0.15, -0.1) is 0 Å². The highest BCUT2D eigenvalue weighted by atomic mass is 28.1. The molecule has 0 atom stereocenters. The molecule has 0 aliphatic heterocycles. The molecule has 2 aliphatic carbocycles. The van der Waals surface area contributed by atoms with Crippen LogP contribution in [0.3, 0.4) is 0 Å². The van der Waals surface area contributed by atoms with E-state index in [-0.39, 0.29) is 11.0 Å². The van der Waals surface area contributed by atoms with E-state index in [1.54, 1.807) is 16.7 Å². The quantitative estimate of drug-likeness (QED) is 0.642. The Hall–Kier alpha value is -0.823. The molecule has 0 unspecified atom stereocenters. The normalized spacial score (nSPS) is 16.8. The van der Waals surface area contributed by atoms with Gasteiger partial charge in [-0.2, -0.15) is 0 Å². The molecule has 0 nitrogen and oxygen atoms in total. The minimum Gasteiger partial charge on any atom is -0.0808 e. The van der Waals surface area contributed by atoms with E-state index in [9.17, 15) is 0 Å². The van der Waals surface area contributed by atoms with Crippen LogP contribution in [0.2, 0.25) is 0 Å². The molecule has 0 spiro atoms. The van der Waals surface area contributed by atoms with Crippen molar-refractivity contribution in [1.82, 2.24) is 0 Å². The van der Waals surface area contributed by atoms with Gasteiger partial charge >= 0.3 is 0 Å². The first-order valence-corrected chi connectivity index (χ1v) is 5.99. The first-order chi connectivity index (χ1) is 7.29. The molecule has 16 heavy (non-hydrogen) atoms. The average Bonchev–Trinajstić information content (AvgIpc) is 2.89. The molecular weight excluding hydrogens is 208 g/mol. The van der Waals surface area contributed by atoms with Crippen LogP contribution in [0.4, 0.5) is 0 Å². The first kappa shape index (κ1) is 15.2. The summed E-state index contributed by atoms with van der Waals surface area (Å²) in [5.41, 5.74) is 4.76. The van der Waals surface area contributed by atoms with Crippen LogP contribution < -0.4 is 0 Å². The van der Waals surface area contributed by atoms with Crippen LogP contribution >= 0.6 is 0 Å². The van der Waals surface area contributed by atoms with Gasteiger partial charge in [-0.1, -0.05) is 49.8 Å². The Morgan fingerprint density at radius 2 is 1.69 bits per heavy atom. The van der Waals surface area contributed by atoms with Crippen molar-refractivity contribution in [3.05, 3.63) is 47.1 Å². The minimum atomic E-state index is 0. The van der Waals surface area contributed by atoms with E-state index in [1.807, 2.05) is 0 Å². The molecule has 2 aliphatic rings. The standard InChI is InChI=1S/C10H16.C5H6.H4Si/c1-4-9-6-7-10(5-2)8(9)3;1-2-4-5-3-1;/h6H,4-5,7H2,1-3H3;1-4H,5H2;1H4. The second kappa shape index (κ2) is 8.34. The van der Waals surface area contributed by atoms with E-state index in [1.165, 1.54) is 19.3 Å². The highest BCUT2D eigenvalue weighted by Gasteiger charge is 2.09. The maximum Gasteiger partial charge on any atom is -0.0127 e. The van der Waals surface area contributed by atoms with Crippen LogP contribution in [0, 0.1) is 0 Å². The summed E-state index contributed by atoms with van der Waals surface area (Å²) in [4.78, 5) is 0. The highest BCUT2D eigenvalue weighted by molar-refractivity contribution is 5.75. The van der Waals surface area contributed by atoms with Crippen molar-refractivity contribution in [2.24, 2.45) is 0 Å². The van der Waals surface area contributed by atoms with Crippen molar-refractivity contribution in [2.75, 3.05) is 0 Å². The van der Waals surface area contributed by atoms with Gasteiger partial charge in [0.15, 0.2) is 0 Å². The van der Waals surface area contributed by atoms with Crippen LogP contribution in [-0.2, 0) is 0 Å². The molecule has 0 heterocycles. The molecule has 0 saturated heterocycles. The zero-order chi connectivity index (χ0) is 11.1. The monoisotopic (exact) mass is 234 g/mol. The Bertz CT molecular complexity index is 299. The molecule has 0 N–H and O–H groups in total. The lowest BCUT2D eigenvalue weighted by Crippen LogP contribution is -1.81. The molecule has 0 fully saturated rings. The summed E-state index contributed by atoms with van der Waals surface area (Å²) in [5.74, 6) is 0. The lowest BCUT2D eigenvalue weighted by Gasteiger charge is -2.01. The fourth-order valence-electron chi connectivity index (χ4n) is 1.99. The molecule has 0 bridgehead atoms. The van der Waals surface area contributed by atoms with Gasteiger partial charge in [0.25, 0.3) is 0 Å². The summed E-state index contributed by atoms with van der Waals surface area (Å²) in [6.45, 7) is 6.72. The molecule has 0 aromatic carbocycles. The third-order valence-electron chi connectivity index (χ3n) is 3.07. The molecule has 0 amide bonds. The number of hydrogen-bond donors (Lipinski definition) is 0. The van der Waals surface area contributed by atoms with Gasteiger partial charge in [-0.3, -0.25) is 0 Å². The lowest BCUT2D eigenvalue weighted by molar-refractivity contribution is 1.03. The van der Waals surface area contributed by atoms with Crippen molar-refractivity contribution >= 4 is 11.0 Å². The summed E-state index contributed by atoms with van der Waals surface area (Å²) in [6.07, 6.45) is 15.5. The Morgan fingerprint density at radius 3 is 1.94 bits per heavy atom. The third kappa shape index (κ3) is 4.36. The maximum absolute atomic E-state index is 2.37. The smallest absolute Gasteiger partial charge is 0.0127 e. The van der Waals surface area contributed by atoms with E-state index in [0.717, 1.165) is 6.42 Å². The fourth-order valence-corrected chi connectivity index (χ4v) is 1.99. The Morgan fingerprint density at radius 1 is 1.06 bits per heavy atom. The molecule has 2 rings (SSSR count). The van der Waals surface area contributed by atoms with Crippen LogP contribution in [0.5, 0.6) is 0 Å². The molecule has 0 radical (unpaired) electrons. The molecule has 0 aromatic heterocycles. The van der Waals surface area contributed by atoms with E-state index >= 15 is 0 Å². The zero-order valence-electron chi connectivity index (χ0n) is 10.2. The van der Waals surface area contributed by atoms with Gasteiger partial charge in [0.2, 0.25) is 0 Å².